The minimum absolute atomic E-state index is 0.00128. The minimum Gasteiger partial charge on any atom is -0.396 e. The van der Waals surface area contributed by atoms with E-state index in [-0.39, 0.29) is 18.9 Å². The van der Waals surface area contributed by atoms with Crippen molar-refractivity contribution >= 4 is 5.91 Å². The highest BCUT2D eigenvalue weighted by atomic mass is 16.5. The number of carbonyl (C=O) groups is 1. The van der Waals surface area contributed by atoms with Gasteiger partial charge in [-0.15, -0.1) is 0 Å². The summed E-state index contributed by atoms with van der Waals surface area (Å²) in [7, 11) is 1.58. The van der Waals surface area contributed by atoms with E-state index in [1.165, 1.54) is 0 Å². The van der Waals surface area contributed by atoms with Crippen LogP contribution in [0.1, 0.15) is 18.9 Å². The Morgan fingerprint density at radius 3 is 2.70 bits per heavy atom. The maximum absolute atomic E-state index is 12.2. The molecule has 6 nitrogen and oxygen atoms in total. The molecule has 0 saturated heterocycles. The molecule has 0 saturated carbocycles. The van der Waals surface area contributed by atoms with Crippen LogP contribution in [0.25, 0.3) is 5.69 Å². The SMILES string of the molecule is COCC(C)(CCO)NC(=O)Cc1ccc(-n2cccn2)cc1. The van der Waals surface area contributed by atoms with Crippen LogP contribution in [-0.2, 0) is 16.0 Å². The first kappa shape index (κ1) is 17.2. The Hall–Kier alpha value is -2.18. The van der Waals surface area contributed by atoms with E-state index in [0.717, 1.165) is 11.3 Å². The number of aliphatic hydroxyl groups is 1. The summed E-state index contributed by atoms with van der Waals surface area (Å²) in [5.41, 5.74) is 1.31. The fraction of sp³-hybridized carbons (Fsp3) is 0.412. The lowest BCUT2D eigenvalue weighted by Gasteiger charge is -2.29. The summed E-state index contributed by atoms with van der Waals surface area (Å²) >= 11 is 0. The van der Waals surface area contributed by atoms with Crippen molar-refractivity contribution in [3.05, 3.63) is 48.3 Å². The lowest BCUT2D eigenvalue weighted by Crippen LogP contribution is -2.50. The number of carbonyl (C=O) groups excluding carboxylic acids is 1. The molecule has 1 atom stereocenters. The third-order valence-corrected chi connectivity index (χ3v) is 3.64. The van der Waals surface area contributed by atoms with Crippen LogP contribution >= 0.6 is 0 Å². The van der Waals surface area contributed by atoms with Gasteiger partial charge in [-0.25, -0.2) is 4.68 Å². The summed E-state index contributed by atoms with van der Waals surface area (Å²) in [6.07, 6.45) is 4.32. The van der Waals surface area contributed by atoms with Crippen LogP contribution in [0.4, 0.5) is 0 Å². The monoisotopic (exact) mass is 317 g/mol. The fourth-order valence-electron chi connectivity index (χ4n) is 2.49. The molecule has 6 heteroatoms. The number of aromatic nitrogens is 2. The number of methoxy groups -OCH3 is 1. The van der Waals surface area contributed by atoms with Crippen LogP contribution in [0.5, 0.6) is 0 Å². The molecule has 2 rings (SSSR count). The van der Waals surface area contributed by atoms with Crippen LogP contribution in [0.15, 0.2) is 42.7 Å². The summed E-state index contributed by atoms with van der Waals surface area (Å²) in [4.78, 5) is 12.2. The molecule has 1 amide bonds. The molecule has 0 bridgehead atoms. The van der Waals surface area contributed by atoms with Gasteiger partial charge in [0.05, 0.1) is 24.3 Å². The van der Waals surface area contributed by atoms with Gasteiger partial charge in [-0.05, 0) is 37.1 Å². The number of benzene rings is 1. The quantitative estimate of drug-likeness (QED) is 0.770. The number of aliphatic hydroxyl groups excluding tert-OH is 1. The Morgan fingerprint density at radius 2 is 2.13 bits per heavy atom. The zero-order valence-electron chi connectivity index (χ0n) is 13.5. The van der Waals surface area contributed by atoms with Gasteiger partial charge >= 0.3 is 0 Å². The van der Waals surface area contributed by atoms with E-state index in [0.29, 0.717) is 13.0 Å². The molecule has 2 aromatic rings. The molecule has 1 unspecified atom stereocenters. The molecule has 0 aliphatic heterocycles. The van der Waals surface area contributed by atoms with Gasteiger partial charge in [0.1, 0.15) is 0 Å². The van der Waals surface area contributed by atoms with Gasteiger partial charge in [0.2, 0.25) is 5.91 Å². The maximum Gasteiger partial charge on any atom is 0.224 e. The third kappa shape index (κ3) is 4.91. The molecule has 1 aromatic heterocycles. The number of amides is 1. The molecule has 0 spiro atoms. The van der Waals surface area contributed by atoms with Crippen LogP contribution < -0.4 is 5.32 Å². The van der Waals surface area contributed by atoms with E-state index in [1.807, 2.05) is 43.5 Å². The largest absolute Gasteiger partial charge is 0.396 e. The third-order valence-electron chi connectivity index (χ3n) is 3.64. The summed E-state index contributed by atoms with van der Waals surface area (Å²) in [5, 5.41) is 16.2. The highest BCUT2D eigenvalue weighted by Gasteiger charge is 2.25. The Kier molecular flexibility index (Phi) is 5.90. The smallest absolute Gasteiger partial charge is 0.224 e. The fourth-order valence-corrected chi connectivity index (χ4v) is 2.49. The molecule has 1 aromatic carbocycles. The molecule has 124 valence electrons. The molecular weight excluding hydrogens is 294 g/mol. The first-order valence-electron chi connectivity index (χ1n) is 7.56. The van der Waals surface area contributed by atoms with E-state index < -0.39 is 5.54 Å². The highest BCUT2D eigenvalue weighted by molar-refractivity contribution is 5.79. The average molecular weight is 317 g/mol. The van der Waals surface area contributed by atoms with Crippen molar-refractivity contribution in [2.45, 2.75) is 25.3 Å². The van der Waals surface area contributed by atoms with Gasteiger partial charge in [-0.1, -0.05) is 12.1 Å². The topological polar surface area (TPSA) is 76.4 Å². The predicted molar refractivity (Wildman–Crippen MR) is 87.4 cm³/mol. The van der Waals surface area contributed by atoms with E-state index in [1.54, 1.807) is 18.0 Å². The number of nitrogens with zero attached hydrogens (tertiary/aromatic N) is 2. The van der Waals surface area contributed by atoms with Crippen molar-refractivity contribution in [3.8, 4) is 5.69 Å². The van der Waals surface area contributed by atoms with Gasteiger partial charge < -0.3 is 15.2 Å². The van der Waals surface area contributed by atoms with Crippen molar-refractivity contribution in [1.82, 2.24) is 15.1 Å². The van der Waals surface area contributed by atoms with Crippen molar-refractivity contribution in [2.75, 3.05) is 20.3 Å². The second kappa shape index (κ2) is 7.89. The number of rotatable bonds is 8. The molecule has 23 heavy (non-hydrogen) atoms. The Bertz CT molecular complexity index is 603. The normalized spacial score (nSPS) is 13.5. The predicted octanol–water partition coefficient (Wildman–Crippen LogP) is 1.32. The minimum atomic E-state index is -0.560. The van der Waals surface area contributed by atoms with E-state index in [9.17, 15) is 4.79 Å². The van der Waals surface area contributed by atoms with Crippen molar-refractivity contribution in [3.63, 3.8) is 0 Å². The Labute approximate surface area is 136 Å². The first-order valence-corrected chi connectivity index (χ1v) is 7.56. The standard InChI is InChI=1S/C17H23N3O3/c1-17(8-11-21,13-23-2)19-16(22)12-14-4-6-15(7-5-14)20-10-3-9-18-20/h3-7,9-10,21H,8,11-13H2,1-2H3,(H,19,22). The lowest BCUT2D eigenvalue weighted by molar-refractivity contribution is -0.123. The number of hydrogen-bond acceptors (Lipinski definition) is 4. The molecule has 2 N–H and O–H groups in total. The molecule has 0 aliphatic carbocycles. The molecule has 0 radical (unpaired) electrons. The number of hydrogen-bond donors (Lipinski definition) is 2. The van der Waals surface area contributed by atoms with Crippen LogP contribution in [-0.4, -0.2) is 46.7 Å². The summed E-state index contributed by atoms with van der Waals surface area (Å²) < 4.78 is 6.90. The van der Waals surface area contributed by atoms with Crippen molar-refractivity contribution in [1.29, 1.82) is 0 Å². The molecular formula is C17H23N3O3. The summed E-state index contributed by atoms with van der Waals surface area (Å²) in [6.45, 7) is 2.22. The van der Waals surface area contributed by atoms with E-state index in [2.05, 4.69) is 10.4 Å². The second-order valence-electron chi connectivity index (χ2n) is 5.81. The lowest BCUT2D eigenvalue weighted by atomic mass is 9.98. The number of nitrogens with one attached hydrogen (secondary N) is 1. The Balaban J connectivity index is 1.97. The number of ether oxygens (including phenoxy) is 1. The molecule has 0 fully saturated rings. The zero-order valence-corrected chi connectivity index (χ0v) is 13.5. The zero-order chi connectivity index (χ0) is 16.7. The van der Waals surface area contributed by atoms with Crippen LogP contribution in [0.2, 0.25) is 0 Å². The van der Waals surface area contributed by atoms with Crippen molar-refractivity contribution < 1.29 is 14.6 Å². The summed E-state index contributed by atoms with van der Waals surface area (Å²) in [5.74, 6) is -0.0927. The van der Waals surface area contributed by atoms with Gasteiger partial charge in [-0.2, -0.15) is 5.10 Å². The Morgan fingerprint density at radius 1 is 1.39 bits per heavy atom. The highest BCUT2D eigenvalue weighted by Crippen LogP contribution is 2.12. The second-order valence-corrected chi connectivity index (χ2v) is 5.81. The summed E-state index contributed by atoms with van der Waals surface area (Å²) in [6, 6.07) is 9.54. The maximum atomic E-state index is 12.2. The van der Waals surface area contributed by atoms with Crippen LogP contribution in [0.3, 0.4) is 0 Å². The van der Waals surface area contributed by atoms with Gasteiger partial charge in [0.25, 0.3) is 0 Å². The molecule has 1 heterocycles. The van der Waals surface area contributed by atoms with Crippen molar-refractivity contribution in [2.24, 2.45) is 0 Å². The average Bonchev–Trinajstić information content (AvgIpc) is 3.02. The van der Waals surface area contributed by atoms with Gasteiger partial charge in [0.15, 0.2) is 0 Å². The van der Waals surface area contributed by atoms with E-state index >= 15 is 0 Å². The van der Waals surface area contributed by atoms with Gasteiger partial charge in [0, 0.05) is 26.1 Å². The first-order chi connectivity index (χ1) is 11.1. The van der Waals surface area contributed by atoms with Gasteiger partial charge in [-0.3, -0.25) is 4.79 Å². The molecule has 0 aliphatic rings. The van der Waals surface area contributed by atoms with Crippen LogP contribution in [0, 0.1) is 0 Å². The van der Waals surface area contributed by atoms with E-state index in [4.69, 9.17) is 9.84 Å².